The van der Waals surface area contributed by atoms with Gasteiger partial charge < -0.3 is 5.73 Å². The molecule has 4 nitrogen and oxygen atoms in total. The summed E-state index contributed by atoms with van der Waals surface area (Å²) in [4.78, 5) is 4.19. The van der Waals surface area contributed by atoms with Gasteiger partial charge in [-0.2, -0.15) is 5.10 Å². The van der Waals surface area contributed by atoms with Gasteiger partial charge in [0, 0.05) is 12.2 Å². The van der Waals surface area contributed by atoms with Crippen LogP contribution in [0.3, 0.4) is 0 Å². The second-order valence-electron chi connectivity index (χ2n) is 3.57. The fourth-order valence-electron chi connectivity index (χ4n) is 1.41. The van der Waals surface area contributed by atoms with Crippen molar-refractivity contribution in [2.24, 2.45) is 5.73 Å². The monoisotopic (exact) mass is 220 g/mol. The van der Waals surface area contributed by atoms with Crippen molar-refractivity contribution in [2.75, 3.05) is 0 Å². The standard InChI is InChI=1S/C11H13FN4/c1-2-10(13)8-3-4-11(14-5-8)16-7-9(12)6-15-16/h3-7,10H,2,13H2,1H3/t10-/m0/s1. The Morgan fingerprint density at radius 3 is 2.75 bits per heavy atom. The van der Waals surface area contributed by atoms with Crippen molar-refractivity contribution >= 4 is 0 Å². The fraction of sp³-hybridized carbons (Fsp3) is 0.273. The van der Waals surface area contributed by atoms with Crippen LogP contribution in [-0.4, -0.2) is 14.8 Å². The SMILES string of the molecule is CC[C@H](N)c1ccc(-n2cc(F)cn2)nc1. The second kappa shape index (κ2) is 4.40. The molecule has 0 radical (unpaired) electrons. The molecule has 0 amide bonds. The third-order valence-corrected chi connectivity index (χ3v) is 2.42. The van der Waals surface area contributed by atoms with Crippen LogP contribution in [-0.2, 0) is 0 Å². The molecule has 0 fully saturated rings. The smallest absolute Gasteiger partial charge is 0.161 e. The highest BCUT2D eigenvalue weighted by molar-refractivity contribution is 5.26. The number of rotatable bonds is 3. The van der Waals surface area contributed by atoms with Crippen molar-refractivity contribution in [1.29, 1.82) is 0 Å². The van der Waals surface area contributed by atoms with Crippen molar-refractivity contribution in [1.82, 2.24) is 14.8 Å². The topological polar surface area (TPSA) is 56.7 Å². The first-order valence-corrected chi connectivity index (χ1v) is 5.12. The molecule has 5 heteroatoms. The molecule has 16 heavy (non-hydrogen) atoms. The number of nitrogens with two attached hydrogens (primary N) is 1. The van der Waals surface area contributed by atoms with E-state index in [0.717, 1.165) is 18.2 Å². The van der Waals surface area contributed by atoms with Gasteiger partial charge >= 0.3 is 0 Å². The van der Waals surface area contributed by atoms with Crippen molar-refractivity contribution in [3.63, 3.8) is 0 Å². The van der Waals surface area contributed by atoms with Crippen molar-refractivity contribution in [3.8, 4) is 5.82 Å². The summed E-state index contributed by atoms with van der Waals surface area (Å²) >= 11 is 0. The second-order valence-corrected chi connectivity index (χ2v) is 3.57. The van der Waals surface area contributed by atoms with Crippen LogP contribution < -0.4 is 5.73 Å². The van der Waals surface area contributed by atoms with E-state index >= 15 is 0 Å². The molecule has 2 N–H and O–H groups in total. The number of pyridine rings is 1. The maximum atomic E-state index is 12.7. The van der Waals surface area contributed by atoms with E-state index in [4.69, 9.17) is 5.73 Å². The minimum atomic E-state index is -0.379. The maximum absolute atomic E-state index is 12.7. The molecule has 0 unspecified atom stereocenters. The lowest BCUT2D eigenvalue weighted by atomic mass is 10.1. The maximum Gasteiger partial charge on any atom is 0.161 e. The van der Waals surface area contributed by atoms with Gasteiger partial charge in [-0.05, 0) is 18.1 Å². The Morgan fingerprint density at radius 2 is 2.25 bits per heavy atom. The Morgan fingerprint density at radius 1 is 1.44 bits per heavy atom. The molecule has 1 atom stereocenters. The summed E-state index contributed by atoms with van der Waals surface area (Å²) < 4.78 is 14.1. The van der Waals surface area contributed by atoms with Crippen molar-refractivity contribution < 1.29 is 4.39 Å². The molecular weight excluding hydrogens is 207 g/mol. The number of nitrogens with zero attached hydrogens (tertiary/aromatic N) is 3. The summed E-state index contributed by atoms with van der Waals surface area (Å²) in [5.41, 5.74) is 6.84. The van der Waals surface area contributed by atoms with Gasteiger partial charge in [-0.3, -0.25) is 0 Å². The molecule has 0 aliphatic rings. The Bertz CT molecular complexity index is 463. The van der Waals surface area contributed by atoms with Gasteiger partial charge in [-0.1, -0.05) is 13.0 Å². The number of hydrogen-bond donors (Lipinski definition) is 1. The lowest BCUT2D eigenvalue weighted by Crippen LogP contribution is -2.09. The van der Waals surface area contributed by atoms with Gasteiger partial charge in [-0.15, -0.1) is 0 Å². The molecule has 0 spiro atoms. The van der Waals surface area contributed by atoms with Gasteiger partial charge in [0.25, 0.3) is 0 Å². The largest absolute Gasteiger partial charge is 0.324 e. The van der Waals surface area contributed by atoms with Crippen LogP contribution in [0.25, 0.3) is 5.82 Å². The van der Waals surface area contributed by atoms with Gasteiger partial charge in [0.15, 0.2) is 11.6 Å². The first-order chi connectivity index (χ1) is 7.70. The molecule has 0 bridgehead atoms. The Hall–Kier alpha value is -1.75. The summed E-state index contributed by atoms with van der Waals surface area (Å²) in [6.07, 6.45) is 4.98. The van der Waals surface area contributed by atoms with E-state index in [1.54, 1.807) is 12.3 Å². The Labute approximate surface area is 92.9 Å². The summed E-state index contributed by atoms with van der Waals surface area (Å²) in [6, 6.07) is 3.66. The first kappa shape index (κ1) is 10.8. The van der Waals surface area contributed by atoms with Gasteiger partial charge in [0.05, 0.1) is 12.4 Å². The molecule has 0 aromatic carbocycles. The number of halogens is 1. The highest BCUT2D eigenvalue weighted by atomic mass is 19.1. The van der Waals surface area contributed by atoms with E-state index in [1.807, 2.05) is 13.0 Å². The molecule has 84 valence electrons. The van der Waals surface area contributed by atoms with Gasteiger partial charge in [0.2, 0.25) is 0 Å². The van der Waals surface area contributed by atoms with Gasteiger partial charge in [-0.25, -0.2) is 14.1 Å². The quantitative estimate of drug-likeness (QED) is 0.858. The number of aromatic nitrogens is 3. The van der Waals surface area contributed by atoms with Crippen LogP contribution in [0.5, 0.6) is 0 Å². The zero-order chi connectivity index (χ0) is 11.5. The third-order valence-electron chi connectivity index (χ3n) is 2.42. The van der Waals surface area contributed by atoms with E-state index in [1.165, 1.54) is 10.9 Å². The zero-order valence-corrected chi connectivity index (χ0v) is 8.97. The molecule has 2 heterocycles. The number of hydrogen-bond acceptors (Lipinski definition) is 3. The summed E-state index contributed by atoms with van der Waals surface area (Å²) in [7, 11) is 0. The lowest BCUT2D eigenvalue weighted by Gasteiger charge is -2.08. The molecule has 0 aliphatic carbocycles. The molecule has 2 rings (SSSR count). The van der Waals surface area contributed by atoms with Gasteiger partial charge in [0.1, 0.15) is 0 Å². The minimum Gasteiger partial charge on any atom is -0.324 e. The predicted molar refractivity (Wildman–Crippen MR) is 58.5 cm³/mol. The molecule has 0 saturated carbocycles. The Balaban J connectivity index is 2.25. The predicted octanol–water partition coefficient (Wildman–Crippen LogP) is 1.82. The normalized spacial score (nSPS) is 12.7. The Kier molecular flexibility index (Phi) is 2.96. The summed E-state index contributed by atoms with van der Waals surface area (Å²) in [5, 5.41) is 3.83. The minimum absolute atomic E-state index is 0.00379. The van der Waals surface area contributed by atoms with Crippen LogP contribution in [0.15, 0.2) is 30.7 Å². The van der Waals surface area contributed by atoms with Crippen LogP contribution in [0.4, 0.5) is 4.39 Å². The van der Waals surface area contributed by atoms with E-state index < -0.39 is 0 Å². The summed E-state index contributed by atoms with van der Waals surface area (Å²) in [5.74, 6) is 0.201. The molecule has 2 aromatic heterocycles. The average molecular weight is 220 g/mol. The van der Waals surface area contributed by atoms with E-state index in [0.29, 0.717) is 5.82 Å². The first-order valence-electron chi connectivity index (χ1n) is 5.12. The van der Waals surface area contributed by atoms with E-state index in [-0.39, 0.29) is 11.9 Å². The summed E-state index contributed by atoms with van der Waals surface area (Å²) in [6.45, 7) is 2.02. The molecule has 0 saturated heterocycles. The zero-order valence-electron chi connectivity index (χ0n) is 8.97. The average Bonchev–Trinajstić information content (AvgIpc) is 2.75. The van der Waals surface area contributed by atoms with E-state index in [2.05, 4.69) is 10.1 Å². The van der Waals surface area contributed by atoms with Crippen molar-refractivity contribution in [2.45, 2.75) is 19.4 Å². The van der Waals surface area contributed by atoms with E-state index in [9.17, 15) is 4.39 Å². The highest BCUT2D eigenvalue weighted by Crippen LogP contribution is 2.13. The fourth-order valence-corrected chi connectivity index (χ4v) is 1.41. The van der Waals surface area contributed by atoms with Crippen LogP contribution >= 0.6 is 0 Å². The third kappa shape index (κ3) is 2.09. The van der Waals surface area contributed by atoms with Crippen molar-refractivity contribution in [3.05, 3.63) is 42.1 Å². The molecular formula is C11H13FN4. The highest BCUT2D eigenvalue weighted by Gasteiger charge is 2.05. The lowest BCUT2D eigenvalue weighted by molar-refractivity contribution is 0.627. The van der Waals surface area contributed by atoms with Crippen LogP contribution in [0, 0.1) is 5.82 Å². The molecule has 0 aliphatic heterocycles. The van der Waals surface area contributed by atoms with Crippen LogP contribution in [0.1, 0.15) is 24.9 Å². The molecule has 2 aromatic rings. The van der Waals surface area contributed by atoms with Crippen LogP contribution in [0.2, 0.25) is 0 Å².